The highest BCUT2D eigenvalue weighted by molar-refractivity contribution is 5.88. The molecule has 8 nitrogen and oxygen atoms in total. The van der Waals surface area contributed by atoms with E-state index < -0.39 is 0 Å². The molecule has 1 saturated heterocycles. The molecule has 2 atom stereocenters. The molecule has 2 aromatic heterocycles. The van der Waals surface area contributed by atoms with Crippen LogP contribution < -0.4 is 15.4 Å². The van der Waals surface area contributed by atoms with Crippen LogP contribution in [0.1, 0.15) is 30.3 Å². The highest BCUT2D eigenvalue weighted by Crippen LogP contribution is 2.29. The molecule has 128 valence electrons. The van der Waals surface area contributed by atoms with Crippen LogP contribution in [0.5, 0.6) is 5.88 Å². The normalized spacial score (nSPS) is 20.4. The van der Waals surface area contributed by atoms with Gasteiger partial charge in [-0.25, -0.2) is 9.78 Å². The molecule has 0 aromatic carbocycles. The van der Waals surface area contributed by atoms with Crippen LogP contribution >= 0.6 is 0 Å². The zero-order valence-corrected chi connectivity index (χ0v) is 13.6. The molecule has 0 aliphatic carbocycles. The van der Waals surface area contributed by atoms with Crippen LogP contribution in [-0.2, 0) is 4.74 Å². The third kappa shape index (κ3) is 3.83. The summed E-state index contributed by atoms with van der Waals surface area (Å²) in [6.45, 7) is 2.41. The molecule has 1 aliphatic heterocycles. The van der Waals surface area contributed by atoms with Crippen molar-refractivity contribution < 1.29 is 18.8 Å². The number of carbonyl (C=O) groups excluding carboxylic acids is 1. The molecular weight excluding hydrogens is 312 g/mol. The van der Waals surface area contributed by atoms with E-state index in [0.29, 0.717) is 24.1 Å². The smallest absolute Gasteiger partial charge is 0.320 e. The molecule has 3 heterocycles. The fraction of sp³-hybridized carbons (Fsp3) is 0.438. The van der Waals surface area contributed by atoms with Crippen LogP contribution in [0.4, 0.5) is 10.6 Å². The SMILES string of the molecule is COc1cc([C@H]2OCCC[C@@H]2NC(=O)Nc2cc(C)on2)ccn1. The summed E-state index contributed by atoms with van der Waals surface area (Å²) in [5, 5.41) is 9.35. The van der Waals surface area contributed by atoms with Gasteiger partial charge in [0, 0.05) is 24.9 Å². The Morgan fingerprint density at radius 1 is 1.42 bits per heavy atom. The first-order valence-corrected chi connectivity index (χ1v) is 7.78. The largest absolute Gasteiger partial charge is 0.481 e. The van der Waals surface area contributed by atoms with E-state index in [1.54, 1.807) is 26.3 Å². The molecule has 2 N–H and O–H groups in total. The highest BCUT2D eigenvalue weighted by atomic mass is 16.5. The fourth-order valence-corrected chi connectivity index (χ4v) is 2.72. The average Bonchev–Trinajstić information content (AvgIpc) is 3.00. The minimum absolute atomic E-state index is 0.154. The lowest BCUT2D eigenvalue weighted by atomic mass is 9.97. The van der Waals surface area contributed by atoms with Crippen molar-refractivity contribution in [3.05, 3.63) is 35.7 Å². The lowest BCUT2D eigenvalue weighted by Crippen LogP contribution is -2.44. The van der Waals surface area contributed by atoms with Crippen LogP contribution in [-0.4, -0.2) is 35.9 Å². The molecule has 1 fully saturated rings. The molecule has 2 aromatic rings. The zero-order valence-electron chi connectivity index (χ0n) is 13.6. The highest BCUT2D eigenvalue weighted by Gasteiger charge is 2.29. The fourth-order valence-electron chi connectivity index (χ4n) is 2.72. The van der Waals surface area contributed by atoms with Gasteiger partial charge in [-0.2, -0.15) is 0 Å². The number of hydrogen-bond donors (Lipinski definition) is 2. The van der Waals surface area contributed by atoms with Gasteiger partial charge in [0.1, 0.15) is 11.9 Å². The van der Waals surface area contributed by atoms with Crippen LogP contribution in [0.15, 0.2) is 28.9 Å². The van der Waals surface area contributed by atoms with Crippen LogP contribution in [0, 0.1) is 6.92 Å². The number of pyridine rings is 1. The Labute approximate surface area is 139 Å². The molecule has 1 aliphatic rings. The first-order valence-electron chi connectivity index (χ1n) is 7.78. The summed E-state index contributed by atoms with van der Waals surface area (Å²) in [4.78, 5) is 16.3. The van der Waals surface area contributed by atoms with Gasteiger partial charge in [0.2, 0.25) is 5.88 Å². The number of ether oxygens (including phenoxy) is 2. The van der Waals surface area contributed by atoms with Crippen LogP contribution in [0.2, 0.25) is 0 Å². The Kier molecular flexibility index (Phi) is 4.95. The molecule has 0 radical (unpaired) electrons. The number of anilines is 1. The van der Waals surface area contributed by atoms with Crippen molar-refractivity contribution >= 4 is 11.8 Å². The quantitative estimate of drug-likeness (QED) is 0.892. The van der Waals surface area contributed by atoms with Gasteiger partial charge in [-0.05, 0) is 31.4 Å². The first kappa shape index (κ1) is 16.3. The van der Waals surface area contributed by atoms with Gasteiger partial charge in [-0.3, -0.25) is 5.32 Å². The second kappa shape index (κ2) is 7.31. The van der Waals surface area contributed by atoms with E-state index >= 15 is 0 Å². The number of carbonyl (C=O) groups is 1. The van der Waals surface area contributed by atoms with Crippen molar-refractivity contribution in [3.63, 3.8) is 0 Å². The van der Waals surface area contributed by atoms with Crippen molar-refractivity contribution in [2.45, 2.75) is 31.9 Å². The number of hydrogen-bond acceptors (Lipinski definition) is 6. The summed E-state index contributed by atoms with van der Waals surface area (Å²) in [6.07, 6.45) is 3.12. The maximum atomic E-state index is 12.2. The van der Waals surface area contributed by atoms with Gasteiger partial charge in [0.05, 0.1) is 13.2 Å². The molecule has 8 heteroatoms. The number of nitrogens with zero attached hydrogens (tertiary/aromatic N) is 2. The van der Waals surface area contributed by atoms with E-state index in [9.17, 15) is 4.79 Å². The molecule has 0 unspecified atom stereocenters. The maximum Gasteiger partial charge on any atom is 0.320 e. The first-order chi connectivity index (χ1) is 11.7. The van der Waals surface area contributed by atoms with Gasteiger partial charge in [-0.1, -0.05) is 5.16 Å². The van der Waals surface area contributed by atoms with Crippen LogP contribution in [0.3, 0.4) is 0 Å². The van der Waals surface area contributed by atoms with Crippen LogP contribution in [0.25, 0.3) is 0 Å². The number of amides is 2. The van der Waals surface area contributed by atoms with E-state index in [1.807, 2.05) is 12.1 Å². The molecular formula is C16H20N4O4. The number of urea groups is 1. The summed E-state index contributed by atoms with van der Waals surface area (Å²) in [6, 6.07) is 4.85. The molecule has 0 bridgehead atoms. The van der Waals surface area contributed by atoms with E-state index in [-0.39, 0.29) is 18.2 Å². The minimum Gasteiger partial charge on any atom is -0.481 e. The summed E-state index contributed by atoms with van der Waals surface area (Å²) < 4.78 is 16.0. The van der Waals surface area contributed by atoms with Crippen molar-refractivity contribution in [1.29, 1.82) is 0 Å². The predicted octanol–water partition coefficient (Wildman–Crippen LogP) is 2.43. The van der Waals surface area contributed by atoms with Crippen molar-refractivity contribution in [3.8, 4) is 5.88 Å². The second-order valence-corrected chi connectivity index (χ2v) is 5.59. The second-order valence-electron chi connectivity index (χ2n) is 5.59. The molecule has 0 saturated carbocycles. The Hall–Kier alpha value is -2.61. The van der Waals surface area contributed by atoms with Gasteiger partial charge < -0.3 is 19.3 Å². The van der Waals surface area contributed by atoms with Gasteiger partial charge in [-0.15, -0.1) is 0 Å². The summed E-state index contributed by atoms with van der Waals surface area (Å²) in [5.41, 5.74) is 0.920. The maximum absolute atomic E-state index is 12.2. The lowest BCUT2D eigenvalue weighted by Gasteiger charge is -2.32. The molecule has 0 spiro atoms. The number of aromatic nitrogens is 2. The minimum atomic E-state index is -0.343. The standard InChI is InChI=1S/C16H20N4O4/c1-10-8-13(20-24-10)19-16(21)18-12-4-3-7-23-15(12)11-5-6-17-14(9-11)22-2/h5-6,8-9,12,15H,3-4,7H2,1-2H3,(H2,18,19,20,21)/t12-,15+/m0/s1. The van der Waals surface area contributed by atoms with E-state index in [4.69, 9.17) is 14.0 Å². The van der Waals surface area contributed by atoms with E-state index in [0.717, 1.165) is 18.4 Å². The summed E-state index contributed by atoms with van der Waals surface area (Å²) in [5.74, 6) is 1.53. The number of rotatable bonds is 4. The van der Waals surface area contributed by atoms with Crippen molar-refractivity contribution in [1.82, 2.24) is 15.5 Å². The van der Waals surface area contributed by atoms with Gasteiger partial charge >= 0.3 is 6.03 Å². The summed E-state index contributed by atoms with van der Waals surface area (Å²) >= 11 is 0. The third-order valence-electron chi connectivity index (χ3n) is 3.80. The van der Waals surface area contributed by atoms with Crippen molar-refractivity contribution in [2.24, 2.45) is 0 Å². The average molecular weight is 332 g/mol. The third-order valence-corrected chi connectivity index (χ3v) is 3.80. The number of methoxy groups -OCH3 is 1. The Morgan fingerprint density at radius 3 is 3.04 bits per heavy atom. The Bertz CT molecular complexity index is 703. The molecule has 2 amide bonds. The van der Waals surface area contributed by atoms with Gasteiger partial charge in [0.25, 0.3) is 0 Å². The van der Waals surface area contributed by atoms with E-state index in [1.165, 1.54) is 0 Å². The topological polar surface area (TPSA) is 98.5 Å². The number of nitrogens with one attached hydrogen (secondary N) is 2. The Morgan fingerprint density at radius 2 is 2.29 bits per heavy atom. The molecule has 3 rings (SSSR count). The van der Waals surface area contributed by atoms with Gasteiger partial charge in [0.15, 0.2) is 5.82 Å². The van der Waals surface area contributed by atoms with Crippen molar-refractivity contribution in [2.75, 3.05) is 19.0 Å². The monoisotopic (exact) mass is 332 g/mol. The summed E-state index contributed by atoms with van der Waals surface area (Å²) in [7, 11) is 1.57. The zero-order chi connectivity index (χ0) is 16.9. The predicted molar refractivity (Wildman–Crippen MR) is 85.9 cm³/mol. The Balaban J connectivity index is 1.68. The molecule has 24 heavy (non-hydrogen) atoms. The van der Waals surface area contributed by atoms with E-state index in [2.05, 4.69) is 20.8 Å². The lowest BCUT2D eigenvalue weighted by molar-refractivity contribution is -0.00712. The number of aryl methyl sites for hydroxylation is 1.